The second-order valence-corrected chi connectivity index (χ2v) is 9.03. The lowest BCUT2D eigenvalue weighted by Gasteiger charge is -2.10. The fraction of sp³-hybridized carbons (Fsp3) is 0.120. The van der Waals surface area contributed by atoms with Crippen LogP contribution in [0, 0.1) is 0 Å². The van der Waals surface area contributed by atoms with Crippen molar-refractivity contribution >= 4 is 39.8 Å². The van der Waals surface area contributed by atoms with Crippen LogP contribution in [0.25, 0.3) is 17.1 Å². The molecule has 10 heteroatoms. The van der Waals surface area contributed by atoms with Crippen LogP contribution in [-0.2, 0) is 4.79 Å². The number of hydrogen-bond donors (Lipinski definition) is 1. The van der Waals surface area contributed by atoms with Gasteiger partial charge in [0.2, 0.25) is 0 Å². The molecular weight excluding hydrogens is 530 g/mol. The van der Waals surface area contributed by atoms with Gasteiger partial charge in [0.05, 0.1) is 26.2 Å². The van der Waals surface area contributed by atoms with Crippen LogP contribution in [0.5, 0.6) is 11.5 Å². The minimum atomic E-state index is -0.278. The first kappa shape index (κ1) is 24.5. The first-order valence-electron chi connectivity index (χ1n) is 10.5. The molecule has 1 aromatic heterocycles. The number of carbonyl (C=O) groups is 1. The van der Waals surface area contributed by atoms with Gasteiger partial charge in [-0.1, -0.05) is 58.0 Å². The third kappa shape index (κ3) is 6.09. The molecule has 8 nitrogen and oxygen atoms in total. The Morgan fingerprint density at radius 1 is 1.06 bits per heavy atom. The number of aromatic nitrogens is 3. The fourth-order valence-corrected chi connectivity index (χ4v) is 4.25. The van der Waals surface area contributed by atoms with Gasteiger partial charge in [-0.15, -0.1) is 10.2 Å². The van der Waals surface area contributed by atoms with E-state index in [0.29, 0.717) is 28.0 Å². The lowest BCUT2D eigenvalue weighted by molar-refractivity contribution is -0.118. The average Bonchev–Trinajstić information content (AvgIpc) is 3.32. The van der Waals surface area contributed by atoms with Gasteiger partial charge < -0.3 is 9.47 Å². The number of ether oxygens (including phenoxy) is 2. The third-order valence-corrected chi connectivity index (χ3v) is 6.37. The molecule has 35 heavy (non-hydrogen) atoms. The maximum absolute atomic E-state index is 12.5. The highest BCUT2D eigenvalue weighted by atomic mass is 79.9. The SMILES string of the molecule is COc1ccc(OC)c(C=NNC(=O)CSc2nnc(-c3ccccc3)n2-c2ccc(Br)cc2)c1. The molecule has 0 fully saturated rings. The smallest absolute Gasteiger partial charge is 0.250 e. The molecule has 0 bridgehead atoms. The zero-order valence-corrected chi connectivity index (χ0v) is 21.4. The molecule has 1 heterocycles. The topological polar surface area (TPSA) is 90.6 Å². The Hall–Kier alpha value is -3.63. The Balaban J connectivity index is 1.49. The van der Waals surface area contributed by atoms with Gasteiger partial charge in [0, 0.05) is 21.3 Å². The van der Waals surface area contributed by atoms with E-state index in [2.05, 4.69) is 36.7 Å². The van der Waals surface area contributed by atoms with Crippen molar-refractivity contribution in [1.29, 1.82) is 0 Å². The molecule has 0 spiro atoms. The number of hydrogen-bond acceptors (Lipinski definition) is 7. The van der Waals surface area contributed by atoms with Crippen LogP contribution in [0.2, 0.25) is 0 Å². The molecule has 0 atom stereocenters. The summed E-state index contributed by atoms with van der Waals surface area (Å²) in [5.74, 6) is 1.80. The molecule has 1 N–H and O–H groups in total. The van der Waals surface area contributed by atoms with Gasteiger partial charge in [0.15, 0.2) is 11.0 Å². The first-order valence-corrected chi connectivity index (χ1v) is 12.3. The molecule has 4 rings (SSSR count). The van der Waals surface area contributed by atoms with Crippen molar-refractivity contribution in [2.75, 3.05) is 20.0 Å². The Bertz CT molecular complexity index is 1330. The maximum atomic E-state index is 12.5. The van der Waals surface area contributed by atoms with E-state index in [4.69, 9.17) is 9.47 Å². The van der Waals surface area contributed by atoms with Gasteiger partial charge in [-0.05, 0) is 42.5 Å². The second-order valence-electron chi connectivity index (χ2n) is 7.17. The van der Waals surface area contributed by atoms with Crippen molar-refractivity contribution in [3.8, 4) is 28.6 Å². The fourth-order valence-electron chi connectivity index (χ4n) is 3.24. The summed E-state index contributed by atoms with van der Waals surface area (Å²) < 4.78 is 13.5. The van der Waals surface area contributed by atoms with Crippen molar-refractivity contribution in [3.63, 3.8) is 0 Å². The zero-order valence-electron chi connectivity index (χ0n) is 19.0. The van der Waals surface area contributed by atoms with Gasteiger partial charge in [-0.3, -0.25) is 9.36 Å². The number of halogens is 1. The Labute approximate surface area is 215 Å². The molecule has 1 amide bonds. The predicted molar refractivity (Wildman–Crippen MR) is 141 cm³/mol. The summed E-state index contributed by atoms with van der Waals surface area (Å²) in [6.07, 6.45) is 1.52. The molecule has 0 aliphatic heterocycles. The largest absolute Gasteiger partial charge is 0.497 e. The summed E-state index contributed by atoms with van der Waals surface area (Å²) >= 11 is 4.75. The second kappa shape index (κ2) is 11.7. The van der Waals surface area contributed by atoms with E-state index >= 15 is 0 Å². The Kier molecular flexibility index (Phi) is 8.17. The van der Waals surface area contributed by atoms with Crippen LogP contribution in [-0.4, -0.2) is 46.9 Å². The molecule has 178 valence electrons. The molecule has 0 unspecified atom stereocenters. The highest BCUT2D eigenvalue weighted by molar-refractivity contribution is 9.10. The monoisotopic (exact) mass is 551 g/mol. The maximum Gasteiger partial charge on any atom is 0.250 e. The normalized spacial score (nSPS) is 10.9. The van der Waals surface area contributed by atoms with Crippen molar-refractivity contribution in [3.05, 3.63) is 82.8 Å². The molecular formula is C25H22BrN5O3S. The molecule has 0 saturated heterocycles. The quantitative estimate of drug-likeness (QED) is 0.180. The number of rotatable bonds is 9. The van der Waals surface area contributed by atoms with Crippen molar-refractivity contribution < 1.29 is 14.3 Å². The summed E-state index contributed by atoms with van der Waals surface area (Å²) in [7, 11) is 3.15. The van der Waals surface area contributed by atoms with E-state index in [0.717, 1.165) is 15.7 Å². The molecule has 0 aliphatic rings. The molecule has 3 aromatic carbocycles. The van der Waals surface area contributed by atoms with Crippen LogP contribution in [0.15, 0.2) is 87.5 Å². The number of benzene rings is 3. The van der Waals surface area contributed by atoms with Crippen LogP contribution in [0.1, 0.15) is 5.56 Å². The van der Waals surface area contributed by atoms with Gasteiger partial charge in [0.25, 0.3) is 5.91 Å². The Morgan fingerprint density at radius 2 is 1.83 bits per heavy atom. The summed E-state index contributed by atoms with van der Waals surface area (Å²) in [6.45, 7) is 0. The summed E-state index contributed by atoms with van der Waals surface area (Å²) in [5.41, 5.74) is 5.05. The highest BCUT2D eigenvalue weighted by Crippen LogP contribution is 2.28. The molecule has 0 radical (unpaired) electrons. The van der Waals surface area contributed by atoms with E-state index in [1.54, 1.807) is 32.4 Å². The number of amides is 1. The van der Waals surface area contributed by atoms with Crippen LogP contribution in [0.4, 0.5) is 0 Å². The summed E-state index contributed by atoms with van der Waals surface area (Å²) in [6, 6.07) is 23.0. The number of nitrogens with zero attached hydrogens (tertiary/aromatic N) is 4. The average molecular weight is 552 g/mol. The summed E-state index contributed by atoms with van der Waals surface area (Å²) in [4.78, 5) is 12.5. The standard InChI is InChI=1S/C25H22BrN5O3S/c1-33-21-12-13-22(34-2)18(14-21)15-27-28-23(32)16-35-25-30-29-24(17-6-4-3-5-7-17)31(25)20-10-8-19(26)9-11-20/h3-15H,16H2,1-2H3,(H,28,32). The number of nitrogens with one attached hydrogen (secondary N) is 1. The number of hydrazone groups is 1. The number of thioether (sulfide) groups is 1. The highest BCUT2D eigenvalue weighted by Gasteiger charge is 2.17. The van der Waals surface area contributed by atoms with Crippen molar-refractivity contribution in [2.45, 2.75) is 5.16 Å². The molecule has 0 aliphatic carbocycles. The van der Waals surface area contributed by atoms with E-state index in [1.807, 2.05) is 59.2 Å². The van der Waals surface area contributed by atoms with E-state index in [-0.39, 0.29) is 11.7 Å². The van der Waals surface area contributed by atoms with Crippen LogP contribution in [0.3, 0.4) is 0 Å². The molecule has 0 saturated carbocycles. The molecule has 4 aromatic rings. The number of methoxy groups -OCH3 is 2. The minimum Gasteiger partial charge on any atom is -0.497 e. The zero-order chi connectivity index (χ0) is 24.6. The van der Waals surface area contributed by atoms with Crippen LogP contribution < -0.4 is 14.9 Å². The lowest BCUT2D eigenvalue weighted by atomic mass is 10.2. The van der Waals surface area contributed by atoms with Gasteiger partial charge in [0.1, 0.15) is 11.5 Å². The predicted octanol–water partition coefficient (Wildman–Crippen LogP) is 4.96. The van der Waals surface area contributed by atoms with Crippen molar-refractivity contribution in [2.24, 2.45) is 5.10 Å². The Morgan fingerprint density at radius 3 is 2.54 bits per heavy atom. The number of carbonyl (C=O) groups excluding carboxylic acids is 1. The van der Waals surface area contributed by atoms with E-state index in [1.165, 1.54) is 18.0 Å². The van der Waals surface area contributed by atoms with Gasteiger partial charge in [-0.25, -0.2) is 5.43 Å². The van der Waals surface area contributed by atoms with Crippen molar-refractivity contribution in [1.82, 2.24) is 20.2 Å². The van der Waals surface area contributed by atoms with Gasteiger partial charge in [-0.2, -0.15) is 5.10 Å². The lowest BCUT2D eigenvalue weighted by Crippen LogP contribution is -2.20. The van der Waals surface area contributed by atoms with E-state index < -0.39 is 0 Å². The summed E-state index contributed by atoms with van der Waals surface area (Å²) in [5, 5.41) is 13.4. The minimum absolute atomic E-state index is 0.107. The van der Waals surface area contributed by atoms with Gasteiger partial charge >= 0.3 is 0 Å². The third-order valence-electron chi connectivity index (χ3n) is 4.91. The van der Waals surface area contributed by atoms with E-state index in [9.17, 15) is 4.79 Å². The first-order chi connectivity index (χ1) is 17.1. The van der Waals surface area contributed by atoms with Crippen LogP contribution >= 0.6 is 27.7 Å².